The molecule has 1 atom stereocenters. The number of carbonyl (C=O) groups is 2. The summed E-state index contributed by atoms with van der Waals surface area (Å²) in [7, 11) is 0. The molecule has 7 nitrogen and oxygen atoms in total. The first-order valence-electron chi connectivity index (χ1n) is 8.63. The summed E-state index contributed by atoms with van der Waals surface area (Å²) in [5.41, 5.74) is 2.46. The van der Waals surface area contributed by atoms with E-state index in [0.29, 0.717) is 16.3 Å². The van der Waals surface area contributed by atoms with E-state index in [0.717, 1.165) is 12.0 Å². The molecule has 140 valence electrons. The standard InChI is InChI=1S/C19H21N5O2S/c1-4-16-12(2)9-17(27-16)19(26)23-15-7-5-14(6-8-15)22-18(25)13(3)24-11-20-10-21-24/h5-11,13H,4H2,1-3H3,(H,22,25)(H,23,26). The summed E-state index contributed by atoms with van der Waals surface area (Å²) < 4.78 is 1.48. The van der Waals surface area contributed by atoms with E-state index in [9.17, 15) is 9.59 Å². The zero-order valence-electron chi connectivity index (χ0n) is 15.4. The number of anilines is 2. The lowest BCUT2D eigenvalue weighted by molar-refractivity contribution is -0.119. The third-order valence-corrected chi connectivity index (χ3v) is 5.57. The maximum Gasteiger partial charge on any atom is 0.265 e. The number of amides is 2. The van der Waals surface area contributed by atoms with Crippen molar-refractivity contribution >= 4 is 34.5 Å². The molecule has 0 aliphatic carbocycles. The number of hydrogen-bond acceptors (Lipinski definition) is 5. The number of benzene rings is 1. The van der Waals surface area contributed by atoms with Gasteiger partial charge in [-0.1, -0.05) is 6.92 Å². The summed E-state index contributed by atoms with van der Waals surface area (Å²) >= 11 is 1.52. The number of thiophene rings is 1. The number of rotatable bonds is 6. The van der Waals surface area contributed by atoms with Gasteiger partial charge < -0.3 is 10.6 Å². The van der Waals surface area contributed by atoms with Crippen LogP contribution in [0.5, 0.6) is 0 Å². The summed E-state index contributed by atoms with van der Waals surface area (Å²) in [6.45, 7) is 5.84. The molecule has 0 aliphatic heterocycles. The van der Waals surface area contributed by atoms with Gasteiger partial charge >= 0.3 is 0 Å². The van der Waals surface area contributed by atoms with Gasteiger partial charge in [0.15, 0.2) is 0 Å². The van der Waals surface area contributed by atoms with Crippen molar-refractivity contribution in [2.75, 3.05) is 10.6 Å². The molecule has 0 saturated heterocycles. The van der Waals surface area contributed by atoms with Crippen LogP contribution in [0.1, 0.15) is 40.0 Å². The van der Waals surface area contributed by atoms with E-state index in [-0.39, 0.29) is 11.8 Å². The first-order chi connectivity index (χ1) is 13.0. The lowest BCUT2D eigenvalue weighted by Gasteiger charge is -2.12. The van der Waals surface area contributed by atoms with Gasteiger partial charge in [-0.3, -0.25) is 9.59 Å². The minimum atomic E-state index is -0.471. The average molecular weight is 383 g/mol. The first-order valence-corrected chi connectivity index (χ1v) is 9.45. The second-order valence-corrected chi connectivity index (χ2v) is 7.28. The summed E-state index contributed by atoms with van der Waals surface area (Å²) in [6, 6.07) is 8.46. The number of nitrogens with one attached hydrogen (secondary N) is 2. The van der Waals surface area contributed by atoms with Crippen molar-refractivity contribution in [3.63, 3.8) is 0 Å². The Hall–Kier alpha value is -3.00. The number of aromatic nitrogens is 3. The topological polar surface area (TPSA) is 88.9 Å². The predicted octanol–water partition coefficient (Wildman–Crippen LogP) is 3.66. The van der Waals surface area contributed by atoms with Gasteiger partial charge in [-0.25, -0.2) is 9.67 Å². The fourth-order valence-electron chi connectivity index (χ4n) is 2.60. The molecular weight excluding hydrogens is 362 g/mol. The molecule has 0 fully saturated rings. The van der Waals surface area contributed by atoms with Gasteiger partial charge in [0.25, 0.3) is 5.91 Å². The normalized spacial score (nSPS) is 11.8. The van der Waals surface area contributed by atoms with Crippen LogP contribution in [0, 0.1) is 6.92 Å². The molecule has 0 bridgehead atoms. The fourth-order valence-corrected chi connectivity index (χ4v) is 3.61. The molecule has 27 heavy (non-hydrogen) atoms. The van der Waals surface area contributed by atoms with Crippen LogP contribution < -0.4 is 10.6 Å². The third kappa shape index (κ3) is 4.40. The summed E-state index contributed by atoms with van der Waals surface area (Å²) in [4.78, 5) is 30.4. The number of nitrogens with zero attached hydrogens (tertiary/aromatic N) is 3. The highest BCUT2D eigenvalue weighted by Crippen LogP contribution is 2.24. The molecule has 0 radical (unpaired) electrons. The first kappa shape index (κ1) is 18.8. The quantitative estimate of drug-likeness (QED) is 0.680. The van der Waals surface area contributed by atoms with E-state index in [1.165, 1.54) is 33.6 Å². The second kappa shape index (κ2) is 8.13. The zero-order chi connectivity index (χ0) is 19.4. The molecule has 3 aromatic rings. The van der Waals surface area contributed by atoms with Crippen LogP contribution in [0.2, 0.25) is 0 Å². The predicted molar refractivity (Wildman–Crippen MR) is 106 cm³/mol. The lowest BCUT2D eigenvalue weighted by Crippen LogP contribution is -2.24. The van der Waals surface area contributed by atoms with Crippen LogP contribution in [0.15, 0.2) is 43.0 Å². The SMILES string of the molecule is CCc1sc(C(=O)Nc2ccc(NC(=O)C(C)n3cncn3)cc2)cc1C. The molecule has 0 saturated carbocycles. The Morgan fingerprint density at radius 3 is 2.41 bits per heavy atom. The van der Waals surface area contributed by atoms with Crippen LogP contribution in [0.3, 0.4) is 0 Å². The van der Waals surface area contributed by atoms with Gasteiger partial charge in [0.2, 0.25) is 5.91 Å². The van der Waals surface area contributed by atoms with E-state index >= 15 is 0 Å². The molecule has 2 heterocycles. The van der Waals surface area contributed by atoms with Gasteiger partial charge in [0, 0.05) is 16.3 Å². The van der Waals surface area contributed by atoms with Crippen LogP contribution in [-0.4, -0.2) is 26.6 Å². The van der Waals surface area contributed by atoms with E-state index in [4.69, 9.17) is 0 Å². The Balaban J connectivity index is 1.61. The zero-order valence-corrected chi connectivity index (χ0v) is 16.2. The molecule has 1 aromatic carbocycles. The largest absolute Gasteiger partial charge is 0.324 e. The smallest absolute Gasteiger partial charge is 0.265 e. The molecule has 8 heteroatoms. The van der Waals surface area contributed by atoms with Crippen molar-refractivity contribution in [1.29, 1.82) is 0 Å². The van der Waals surface area contributed by atoms with Crippen molar-refractivity contribution < 1.29 is 9.59 Å². The maximum atomic E-state index is 12.4. The molecule has 3 rings (SSSR count). The Morgan fingerprint density at radius 2 is 1.85 bits per heavy atom. The van der Waals surface area contributed by atoms with E-state index < -0.39 is 6.04 Å². The van der Waals surface area contributed by atoms with Gasteiger partial charge in [-0.05, 0) is 56.2 Å². The minimum absolute atomic E-state index is 0.126. The van der Waals surface area contributed by atoms with Crippen molar-refractivity contribution in [3.8, 4) is 0 Å². The Morgan fingerprint density at radius 1 is 1.19 bits per heavy atom. The number of aryl methyl sites for hydroxylation is 2. The van der Waals surface area contributed by atoms with E-state index in [2.05, 4.69) is 27.6 Å². The van der Waals surface area contributed by atoms with Crippen LogP contribution in [0.25, 0.3) is 0 Å². The highest BCUT2D eigenvalue weighted by atomic mass is 32.1. The average Bonchev–Trinajstić information content (AvgIpc) is 3.32. The molecule has 1 unspecified atom stereocenters. The molecule has 0 spiro atoms. The van der Waals surface area contributed by atoms with Crippen LogP contribution in [0.4, 0.5) is 11.4 Å². The van der Waals surface area contributed by atoms with Crippen LogP contribution in [-0.2, 0) is 11.2 Å². The van der Waals surface area contributed by atoms with Crippen molar-refractivity contribution in [1.82, 2.24) is 14.8 Å². The Bertz CT molecular complexity index is 932. The Kier molecular flexibility index (Phi) is 5.66. The minimum Gasteiger partial charge on any atom is -0.324 e. The van der Waals surface area contributed by atoms with Gasteiger partial charge in [-0.2, -0.15) is 5.10 Å². The third-order valence-electron chi connectivity index (χ3n) is 4.19. The molecule has 2 N–H and O–H groups in total. The van der Waals surface area contributed by atoms with Gasteiger partial charge in [-0.15, -0.1) is 11.3 Å². The number of carbonyl (C=O) groups excluding carboxylic acids is 2. The molecular formula is C19H21N5O2S. The molecule has 0 aliphatic rings. The molecule has 2 amide bonds. The summed E-state index contributed by atoms with van der Waals surface area (Å²) in [6.07, 6.45) is 3.81. The fraction of sp³-hybridized carbons (Fsp3) is 0.263. The van der Waals surface area contributed by atoms with Gasteiger partial charge in [0.05, 0.1) is 4.88 Å². The maximum absolute atomic E-state index is 12.4. The Labute approximate surface area is 161 Å². The van der Waals surface area contributed by atoms with E-state index in [1.54, 1.807) is 31.2 Å². The van der Waals surface area contributed by atoms with Crippen molar-refractivity contribution in [2.24, 2.45) is 0 Å². The van der Waals surface area contributed by atoms with Gasteiger partial charge in [0.1, 0.15) is 18.7 Å². The van der Waals surface area contributed by atoms with Crippen molar-refractivity contribution in [2.45, 2.75) is 33.2 Å². The summed E-state index contributed by atoms with van der Waals surface area (Å²) in [5.74, 6) is -0.321. The summed E-state index contributed by atoms with van der Waals surface area (Å²) in [5, 5.41) is 9.67. The highest BCUT2D eigenvalue weighted by molar-refractivity contribution is 7.14. The highest BCUT2D eigenvalue weighted by Gasteiger charge is 2.16. The van der Waals surface area contributed by atoms with Crippen molar-refractivity contribution in [3.05, 3.63) is 58.3 Å². The monoisotopic (exact) mass is 383 g/mol. The van der Waals surface area contributed by atoms with Crippen LogP contribution >= 0.6 is 11.3 Å². The second-order valence-electron chi connectivity index (χ2n) is 6.14. The molecule has 2 aromatic heterocycles. The van der Waals surface area contributed by atoms with E-state index in [1.807, 2.05) is 13.0 Å². The lowest BCUT2D eigenvalue weighted by atomic mass is 10.2. The number of hydrogen-bond donors (Lipinski definition) is 2.